The summed E-state index contributed by atoms with van der Waals surface area (Å²) in [4.78, 5) is 26.1. The number of aryl methyl sites for hydroxylation is 2. The lowest BCUT2D eigenvalue weighted by atomic mass is 10.2. The highest BCUT2D eigenvalue weighted by Gasteiger charge is 2.25. The molecule has 126 valence electrons. The number of para-hydroxylation sites is 1. The molecule has 1 aromatic carbocycles. The highest BCUT2D eigenvalue weighted by atomic mass is 32.2. The van der Waals surface area contributed by atoms with Crippen LogP contribution < -0.4 is 4.90 Å². The highest BCUT2D eigenvalue weighted by Crippen LogP contribution is 2.40. The summed E-state index contributed by atoms with van der Waals surface area (Å²) in [7, 11) is 0. The third kappa shape index (κ3) is 2.55. The zero-order chi connectivity index (χ0) is 16.8. The Morgan fingerprint density at radius 2 is 2.12 bits per heavy atom. The quantitative estimate of drug-likeness (QED) is 0.521. The lowest BCUT2D eigenvalue weighted by molar-refractivity contribution is -0.116. The van der Waals surface area contributed by atoms with E-state index >= 15 is 0 Å². The van der Waals surface area contributed by atoms with Gasteiger partial charge in [0.2, 0.25) is 5.91 Å². The van der Waals surface area contributed by atoms with Gasteiger partial charge >= 0.3 is 0 Å². The second-order valence-corrected chi connectivity index (χ2v) is 8.48. The normalized spacial score (nSPS) is 15.6. The summed E-state index contributed by atoms with van der Waals surface area (Å²) in [5, 5.41) is 2.16. The van der Waals surface area contributed by atoms with Gasteiger partial charge in [0.25, 0.3) is 0 Å². The zero-order valence-electron chi connectivity index (χ0n) is 13.7. The van der Waals surface area contributed by atoms with Crippen LogP contribution in [0.2, 0.25) is 0 Å². The van der Waals surface area contributed by atoms with Crippen LogP contribution in [-0.2, 0) is 24.1 Å². The monoisotopic (exact) mass is 367 g/mol. The standard InChI is InChI=1S/C19H17N3OS2/c23-16(22-9-8-12-4-1-2-6-14(12)22)10-24-18-17-13-5-3-7-15(13)25-19(17)21-11-20-18/h1-2,4,6,11H,3,5,7-10H2. The number of anilines is 1. The fourth-order valence-corrected chi connectivity index (χ4v) is 6.01. The molecule has 0 spiro atoms. The van der Waals surface area contributed by atoms with Crippen LogP contribution in [0.1, 0.15) is 22.4 Å². The van der Waals surface area contributed by atoms with Crippen LogP contribution in [0, 0.1) is 0 Å². The summed E-state index contributed by atoms with van der Waals surface area (Å²) in [5.41, 5.74) is 3.75. The molecule has 0 saturated carbocycles. The molecule has 0 bridgehead atoms. The van der Waals surface area contributed by atoms with Crippen molar-refractivity contribution in [1.29, 1.82) is 0 Å². The number of carbonyl (C=O) groups is 1. The molecule has 0 radical (unpaired) electrons. The fraction of sp³-hybridized carbons (Fsp3) is 0.316. The molecule has 0 N–H and O–H groups in total. The molecule has 5 rings (SSSR count). The molecular weight excluding hydrogens is 350 g/mol. The van der Waals surface area contributed by atoms with Crippen molar-refractivity contribution in [3.63, 3.8) is 0 Å². The SMILES string of the molecule is O=C(CSc1ncnc2sc3c(c12)CCC3)N1CCc2ccccc21. The Labute approximate surface area is 154 Å². The summed E-state index contributed by atoms with van der Waals surface area (Å²) >= 11 is 3.35. The lowest BCUT2D eigenvalue weighted by Gasteiger charge is -2.17. The van der Waals surface area contributed by atoms with Crippen molar-refractivity contribution < 1.29 is 4.79 Å². The number of nitrogens with zero attached hydrogens (tertiary/aromatic N) is 3. The van der Waals surface area contributed by atoms with E-state index in [1.165, 1.54) is 27.8 Å². The first-order chi connectivity index (χ1) is 12.3. The summed E-state index contributed by atoms with van der Waals surface area (Å²) < 4.78 is 0. The van der Waals surface area contributed by atoms with Crippen molar-refractivity contribution in [2.24, 2.45) is 0 Å². The van der Waals surface area contributed by atoms with E-state index in [9.17, 15) is 4.79 Å². The molecule has 3 heterocycles. The molecule has 4 nitrogen and oxygen atoms in total. The molecule has 0 fully saturated rings. The summed E-state index contributed by atoms with van der Waals surface area (Å²) in [6.07, 6.45) is 6.07. The maximum atomic E-state index is 12.8. The van der Waals surface area contributed by atoms with Gasteiger partial charge in [0.1, 0.15) is 16.2 Å². The van der Waals surface area contributed by atoms with Crippen molar-refractivity contribution in [3.8, 4) is 0 Å². The van der Waals surface area contributed by atoms with Gasteiger partial charge in [-0.2, -0.15) is 0 Å². The number of benzene rings is 1. The van der Waals surface area contributed by atoms with Crippen molar-refractivity contribution in [2.75, 3.05) is 17.2 Å². The highest BCUT2D eigenvalue weighted by molar-refractivity contribution is 8.00. The molecule has 0 unspecified atom stereocenters. The first-order valence-corrected chi connectivity index (χ1v) is 10.4. The molecule has 1 aliphatic heterocycles. The van der Waals surface area contributed by atoms with Crippen molar-refractivity contribution in [2.45, 2.75) is 30.7 Å². The third-order valence-electron chi connectivity index (χ3n) is 4.99. The molecule has 2 aromatic heterocycles. The number of rotatable bonds is 3. The van der Waals surface area contributed by atoms with Gasteiger partial charge in [-0.15, -0.1) is 11.3 Å². The average molecular weight is 367 g/mol. The number of hydrogen-bond donors (Lipinski definition) is 0. The Balaban J connectivity index is 1.39. The number of hydrogen-bond acceptors (Lipinski definition) is 5. The Morgan fingerprint density at radius 3 is 3.08 bits per heavy atom. The molecule has 6 heteroatoms. The van der Waals surface area contributed by atoms with E-state index in [0.29, 0.717) is 5.75 Å². The van der Waals surface area contributed by atoms with E-state index in [1.54, 1.807) is 29.4 Å². The van der Waals surface area contributed by atoms with Crippen LogP contribution in [-0.4, -0.2) is 28.2 Å². The topological polar surface area (TPSA) is 46.1 Å². The summed E-state index contributed by atoms with van der Waals surface area (Å²) in [6.45, 7) is 0.784. The minimum atomic E-state index is 0.161. The minimum absolute atomic E-state index is 0.161. The zero-order valence-corrected chi connectivity index (χ0v) is 15.3. The van der Waals surface area contributed by atoms with Crippen molar-refractivity contribution >= 4 is 44.9 Å². The largest absolute Gasteiger partial charge is 0.311 e. The minimum Gasteiger partial charge on any atom is -0.311 e. The van der Waals surface area contributed by atoms with Gasteiger partial charge in [0.05, 0.1) is 5.75 Å². The van der Waals surface area contributed by atoms with Crippen LogP contribution >= 0.6 is 23.1 Å². The average Bonchev–Trinajstić information content (AvgIpc) is 3.33. The van der Waals surface area contributed by atoms with Gasteiger partial charge in [-0.05, 0) is 42.9 Å². The van der Waals surface area contributed by atoms with Gasteiger partial charge in [0.15, 0.2) is 0 Å². The van der Waals surface area contributed by atoms with Gasteiger partial charge in [-0.1, -0.05) is 30.0 Å². The Kier molecular flexibility index (Phi) is 3.75. The van der Waals surface area contributed by atoms with Gasteiger partial charge in [-0.3, -0.25) is 4.79 Å². The van der Waals surface area contributed by atoms with Gasteiger partial charge < -0.3 is 4.90 Å². The van der Waals surface area contributed by atoms with E-state index in [-0.39, 0.29) is 5.91 Å². The summed E-state index contributed by atoms with van der Waals surface area (Å²) in [5.74, 6) is 0.582. The van der Waals surface area contributed by atoms with E-state index in [2.05, 4.69) is 16.0 Å². The maximum absolute atomic E-state index is 12.8. The molecule has 25 heavy (non-hydrogen) atoms. The molecule has 1 amide bonds. The van der Waals surface area contributed by atoms with Gasteiger partial charge in [0, 0.05) is 22.5 Å². The number of amides is 1. The first kappa shape index (κ1) is 15.3. The fourth-order valence-electron chi connectivity index (χ4n) is 3.81. The van der Waals surface area contributed by atoms with Crippen LogP contribution in [0.5, 0.6) is 0 Å². The Bertz CT molecular complexity index is 982. The third-order valence-corrected chi connectivity index (χ3v) is 7.16. The van der Waals surface area contributed by atoms with E-state index in [0.717, 1.165) is 41.4 Å². The molecule has 3 aromatic rings. The maximum Gasteiger partial charge on any atom is 0.237 e. The van der Waals surface area contributed by atoms with E-state index in [1.807, 2.05) is 23.1 Å². The second-order valence-electron chi connectivity index (χ2n) is 6.43. The van der Waals surface area contributed by atoms with Crippen LogP contribution in [0.25, 0.3) is 10.2 Å². The van der Waals surface area contributed by atoms with Crippen LogP contribution in [0.3, 0.4) is 0 Å². The predicted molar refractivity (Wildman–Crippen MR) is 103 cm³/mol. The lowest BCUT2D eigenvalue weighted by Crippen LogP contribution is -2.30. The predicted octanol–water partition coefficient (Wildman–Crippen LogP) is 3.86. The van der Waals surface area contributed by atoms with Crippen molar-refractivity contribution in [1.82, 2.24) is 9.97 Å². The number of thiophene rings is 1. The van der Waals surface area contributed by atoms with Crippen LogP contribution in [0.15, 0.2) is 35.6 Å². The Morgan fingerprint density at radius 1 is 1.20 bits per heavy atom. The summed E-state index contributed by atoms with van der Waals surface area (Å²) in [6, 6.07) is 8.19. The number of carbonyl (C=O) groups excluding carboxylic acids is 1. The van der Waals surface area contributed by atoms with Crippen molar-refractivity contribution in [3.05, 3.63) is 46.6 Å². The molecule has 0 saturated heterocycles. The molecule has 0 atom stereocenters. The van der Waals surface area contributed by atoms with Crippen LogP contribution in [0.4, 0.5) is 5.69 Å². The molecule has 1 aliphatic carbocycles. The Hall–Kier alpha value is -1.92. The first-order valence-electron chi connectivity index (χ1n) is 8.57. The van der Waals surface area contributed by atoms with E-state index in [4.69, 9.17) is 0 Å². The van der Waals surface area contributed by atoms with E-state index < -0.39 is 0 Å². The number of thioether (sulfide) groups is 1. The number of aromatic nitrogens is 2. The van der Waals surface area contributed by atoms with Gasteiger partial charge in [-0.25, -0.2) is 9.97 Å². The molecular formula is C19H17N3OS2. The molecule has 2 aliphatic rings. The number of fused-ring (bicyclic) bond motifs is 4. The smallest absolute Gasteiger partial charge is 0.237 e. The second kappa shape index (κ2) is 6.11.